The number of hydrogen-bond acceptors (Lipinski definition) is 6. The third kappa shape index (κ3) is 5.08. The van der Waals surface area contributed by atoms with Crippen LogP contribution in [-0.2, 0) is 29.4 Å². The van der Waals surface area contributed by atoms with Crippen molar-refractivity contribution in [3.63, 3.8) is 0 Å². The van der Waals surface area contributed by atoms with Crippen molar-refractivity contribution in [3.05, 3.63) is 20.8 Å². The van der Waals surface area contributed by atoms with Crippen LogP contribution in [0.3, 0.4) is 0 Å². The van der Waals surface area contributed by atoms with Crippen LogP contribution in [0.25, 0.3) is 10.2 Å². The zero-order valence-corrected chi connectivity index (χ0v) is 19.3. The Morgan fingerprint density at radius 3 is 2.87 bits per heavy atom. The molecule has 0 spiro atoms. The summed E-state index contributed by atoms with van der Waals surface area (Å²) in [5, 5.41) is 4.36. The minimum atomic E-state index is -0.0301. The summed E-state index contributed by atoms with van der Waals surface area (Å²) >= 11 is 2.98. The molecule has 1 amide bonds. The van der Waals surface area contributed by atoms with Gasteiger partial charge in [0, 0.05) is 25.1 Å². The highest BCUT2D eigenvalue weighted by atomic mass is 32.2. The monoisotopic (exact) mass is 449 g/mol. The zero-order chi connectivity index (χ0) is 20.9. The molecule has 0 bridgehead atoms. The Morgan fingerprint density at radius 1 is 1.23 bits per heavy atom. The van der Waals surface area contributed by atoms with Gasteiger partial charge in [-0.1, -0.05) is 31.0 Å². The fraction of sp³-hybridized carbons (Fsp3) is 0.682. The van der Waals surface area contributed by atoms with Crippen LogP contribution in [0.15, 0.2) is 9.95 Å². The van der Waals surface area contributed by atoms with Crippen LogP contribution in [0.5, 0.6) is 0 Å². The average molecular weight is 450 g/mol. The van der Waals surface area contributed by atoms with Crippen molar-refractivity contribution in [1.29, 1.82) is 0 Å². The molecule has 0 unspecified atom stereocenters. The van der Waals surface area contributed by atoms with Crippen LogP contribution >= 0.6 is 23.1 Å². The lowest BCUT2D eigenvalue weighted by Gasteiger charge is -2.21. The van der Waals surface area contributed by atoms with Gasteiger partial charge >= 0.3 is 0 Å². The van der Waals surface area contributed by atoms with Gasteiger partial charge in [-0.15, -0.1) is 11.3 Å². The molecule has 2 aliphatic rings. The lowest BCUT2D eigenvalue weighted by Crippen LogP contribution is -2.28. The normalized spacial score (nSPS) is 17.2. The number of fused-ring (bicyclic) bond motifs is 3. The molecular formula is C22H31N3O3S2. The number of nitrogens with zero attached hydrogens (tertiary/aromatic N) is 2. The summed E-state index contributed by atoms with van der Waals surface area (Å²) in [6.07, 6.45) is 11.8. The molecule has 1 fully saturated rings. The average Bonchev–Trinajstić information content (AvgIpc) is 3.14. The van der Waals surface area contributed by atoms with E-state index in [0.29, 0.717) is 24.4 Å². The van der Waals surface area contributed by atoms with Gasteiger partial charge in [0.25, 0.3) is 5.56 Å². The number of hydrogen-bond donors (Lipinski definition) is 1. The molecule has 2 aliphatic carbocycles. The highest BCUT2D eigenvalue weighted by Crippen LogP contribution is 2.34. The molecule has 164 valence electrons. The number of ether oxygens (including phenoxy) is 1. The second kappa shape index (κ2) is 10.3. The highest BCUT2D eigenvalue weighted by molar-refractivity contribution is 7.99. The number of thioether (sulfide) groups is 1. The van der Waals surface area contributed by atoms with Crippen LogP contribution < -0.4 is 10.9 Å². The second-order valence-corrected chi connectivity index (χ2v) is 10.3. The van der Waals surface area contributed by atoms with E-state index in [1.807, 2.05) is 0 Å². The lowest BCUT2D eigenvalue weighted by molar-refractivity contribution is -0.118. The van der Waals surface area contributed by atoms with E-state index in [0.717, 1.165) is 35.9 Å². The maximum Gasteiger partial charge on any atom is 0.262 e. The predicted molar refractivity (Wildman–Crippen MR) is 123 cm³/mol. The number of carbonyl (C=O) groups excluding carboxylic acids is 1. The van der Waals surface area contributed by atoms with E-state index in [-0.39, 0.29) is 17.2 Å². The highest BCUT2D eigenvalue weighted by Gasteiger charge is 2.21. The van der Waals surface area contributed by atoms with Crippen molar-refractivity contribution in [2.45, 2.75) is 75.5 Å². The molecule has 8 heteroatoms. The minimum absolute atomic E-state index is 0.0159. The first-order valence-electron chi connectivity index (χ1n) is 11.2. The van der Waals surface area contributed by atoms with Gasteiger partial charge in [-0.2, -0.15) is 0 Å². The smallest absolute Gasteiger partial charge is 0.262 e. The van der Waals surface area contributed by atoms with Crippen LogP contribution in [0.4, 0.5) is 0 Å². The van der Waals surface area contributed by atoms with Crippen molar-refractivity contribution < 1.29 is 9.53 Å². The maximum absolute atomic E-state index is 12.9. The van der Waals surface area contributed by atoms with Crippen LogP contribution in [0, 0.1) is 0 Å². The first-order valence-corrected chi connectivity index (χ1v) is 13.0. The molecule has 0 aliphatic heterocycles. The van der Waals surface area contributed by atoms with Crippen molar-refractivity contribution in [1.82, 2.24) is 14.9 Å². The van der Waals surface area contributed by atoms with Gasteiger partial charge in [-0.25, -0.2) is 4.98 Å². The Bertz CT molecular complexity index is 947. The van der Waals surface area contributed by atoms with E-state index in [1.54, 1.807) is 23.0 Å². The van der Waals surface area contributed by atoms with Gasteiger partial charge in [0.2, 0.25) is 5.91 Å². The van der Waals surface area contributed by atoms with E-state index in [1.165, 1.54) is 60.7 Å². The Hall–Kier alpha value is -1.38. The quantitative estimate of drug-likeness (QED) is 0.377. The maximum atomic E-state index is 12.9. The summed E-state index contributed by atoms with van der Waals surface area (Å²) in [4.78, 5) is 32.0. The van der Waals surface area contributed by atoms with Gasteiger partial charge in [-0.3, -0.25) is 14.2 Å². The largest absolute Gasteiger partial charge is 0.378 e. The fourth-order valence-corrected chi connectivity index (χ4v) is 6.46. The number of thiophene rings is 1. The lowest BCUT2D eigenvalue weighted by atomic mass is 9.97. The van der Waals surface area contributed by atoms with E-state index in [9.17, 15) is 9.59 Å². The number of nitrogens with one attached hydrogen (secondary N) is 1. The topological polar surface area (TPSA) is 73.2 Å². The van der Waals surface area contributed by atoms with Crippen molar-refractivity contribution >= 4 is 39.2 Å². The minimum Gasteiger partial charge on any atom is -0.378 e. The zero-order valence-electron chi connectivity index (χ0n) is 17.7. The molecule has 0 atom stereocenters. The van der Waals surface area contributed by atoms with E-state index in [4.69, 9.17) is 9.72 Å². The predicted octanol–water partition coefficient (Wildman–Crippen LogP) is 3.82. The number of carbonyl (C=O) groups is 1. The summed E-state index contributed by atoms with van der Waals surface area (Å²) in [5.41, 5.74) is 1.22. The summed E-state index contributed by atoms with van der Waals surface area (Å²) in [6.45, 7) is 1.32. The van der Waals surface area contributed by atoms with Crippen LogP contribution in [-0.4, -0.2) is 40.5 Å². The van der Waals surface area contributed by atoms with E-state index < -0.39 is 0 Å². The van der Waals surface area contributed by atoms with E-state index in [2.05, 4.69) is 5.32 Å². The standard InChI is InChI=1S/C22H31N3O3S2/c1-25-21(27)19-16-10-5-6-11-17(16)30-20(19)24-22(25)29-14-18(26)23-12-7-13-28-15-8-3-2-4-9-15/h15H,2-14H2,1H3,(H,23,26). The Morgan fingerprint density at radius 2 is 2.03 bits per heavy atom. The molecule has 0 radical (unpaired) electrons. The van der Waals surface area contributed by atoms with Crippen molar-refractivity contribution in [2.75, 3.05) is 18.9 Å². The molecule has 30 heavy (non-hydrogen) atoms. The molecular weight excluding hydrogens is 418 g/mol. The second-order valence-electron chi connectivity index (χ2n) is 8.27. The molecule has 2 aromatic heterocycles. The summed E-state index contributed by atoms with van der Waals surface area (Å²) in [7, 11) is 1.75. The molecule has 0 saturated heterocycles. The third-order valence-electron chi connectivity index (χ3n) is 6.04. The first kappa shape index (κ1) is 21.8. The molecule has 4 rings (SSSR count). The summed E-state index contributed by atoms with van der Waals surface area (Å²) < 4.78 is 7.49. The molecule has 2 heterocycles. The van der Waals surface area contributed by atoms with Gasteiger partial charge in [-0.05, 0) is 50.5 Å². The van der Waals surface area contributed by atoms with Gasteiger partial charge in [0.1, 0.15) is 4.83 Å². The summed E-state index contributed by atoms with van der Waals surface area (Å²) in [5.74, 6) is 0.234. The Balaban J connectivity index is 1.26. The van der Waals surface area contributed by atoms with E-state index >= 15 is 0 Å². The Kier molecular flexibility index (Phi) is 7.49. The third-order valence-corrected chi connectivity index (χ3v) is 8.25. The molecule has 1 saturated carbocycles. The van der Waals surface area contributed by atoms with Crippen LogP contribution in [0.1, 0.15) is 61.8 Å². The summed E-state index contributed by atoms with van der Waals surface area (Å²) in [6, 6.07) is 0. The first-order chi connectivity index (χ1) is 14.6. The number of rotatable bonds is 8. The van der Waals surface area contributed by atoms with Crippen molar-refractivity contribution in [2.24, 2.45) is 7.05 Å². The Labute approximate surface area is 185 Å². The molecule has 2 aromatic rings. The fourth-order valence-electron chi connectivity index (χ4n) is 4.36. The van der Waals surface area contributed by atoms with Crippen molar-refractivity contribution in [3.8, 4) is 0 Å². The van der Waals surface area contributed by atoms with Crippen LogP contribution in [0.2, 0.25) is 0 Å². The molecule has 0 aromatic carbocycles. The van der Waals surface area contributed by atoms with Gasteiger partial charge in [0.05, 0.1) is 17.2 Å². The molecule has 6 nitrogen and oxygen atoms in total. The van der Waals surface area contributed by atoms with Gasteiger partial charge < -0.3 is 10.1 Å². The number of aromatic nitrogens is 2. The van der Waals surface area contributed by atoms with Gasteiger partial charge in [0.15, 0.2) is 5.16 Å². The molecule has 1 N–H and O–H groups in total. The number of amides is 1. The SMILES string of the molecule is Cn1c(SCC(=O)NCCCOC2CCCCC2)nc2sc3c(c2c1=O)CCCC3. The number of aryl methyl sites for hydroxylation is 2.